The van der Waals surface area contributed by atoms with Crippen molar-refractivity contribution in [2.45, 2.75) is 18.9 Å². The second-order valence-electron chi connectivity index (χ2n) is 3.87. The Bertz CT molecular complexity index is 310. The lowest BCUT2D eigenvalue weighted by molar-refractivity contribution is 0.0694. The maximum absolute atomic E-state index is 12.8. The van der Waals surface area contributed by atoms with Gasteiger partial charge in [-0.05, 0) is 37.1 Å². The fourth-order valence-corrected chi connectivity index (χ4v) is 1.81. The van der Waals surface area contributed by atoms with Gasteiger partial charge in [-0.25, -0.2) is 4.39 Å². The number of benzene rings is 1. The summed E-state index contributed by atoms with van der Waals surface area (Å²) in [6, 6.07) is 6.70. The molecule has 1 aliphatic heterocycles. The molecular formula is C12H16FNO. The molecule has 15 heavy (non-hydrogen) atoms. The van der Waals surface area contributed by atoms with E-state index < -0.39 is 0 Å². The molecule has 1 aliphatic rings. The predicted molar refractivity (Wildman–Crippen MR) is 57.3 cm³/mol. The Morgan fingerprint density at radius 3 is 3.13 bits per heavy atom. The normalized spacial score (nSPS) is 20.7. The van der Waals surface area contributed by atoms with Gasteiger partial charge in [-0.1, -0.05) is 12.1 Å². The van der Waals surface area contributed by atoms with Crippen LogP contribution in [0.4, 0.5) is 4.39 Å². The molecule has 0 saturated carbocycles. The third-order valence-corrected chi connectivity index (χ3v) is 2.65. The average Bonchev–Trinajstić information content (AvgIpc) is 2.71. The molecule has 1 fully saturated rings. The maximum atomic E-state index is 12.8. The largest absolute Gasteiger partial charge is 0.377 e. The SMILES string of the molecule is Fc1cccc(CCOC2CCNC2)c1. The van der Waals surface area contributed by atoms with Gasteiger partial charge in [0.1, 0.15) is 5.82 Å². The van der Waals surface area contributed by atoms with Crippen LogP contribution in [0.1, 0.15) is 12.0 Å². The highest BCUT2D eigenvalue weighted by Gasteiger charge is 2.13. The van der Waals surface area contributed by atoms with Crippen molar-refractivity contribution in [1.29, 1.82) is 0 Å². The van der Waals surface area contributed by atoms with E-state index >= 15 is 0 Å². The van der Waals surface area contributed by atoms with Gasteiger partial charge in [0.15, 0.2) is 0 Å². The Morgan fingerprint density at radius 2 is 2.40 bits per heavy atom. The maximum Gasteiger partial charge on any atom is 0.123 e. The Labute approximate surface area is 89.4 Å². The molecule has 1 heterocycles. The van der Waals surface area contributed by atoms with Gasteiger partial charge in [0.25, 0.3) is 0 Å². The number of halogens is 1. The molecule has 1 N–H and O–H groups in total. The highest BCUT2D eigenvalue weighted by atomic mass is 19.1. The van der Waals surface area contributed by atoms with Gasteiger partial charge in [-0.2, -0.15) is 0 Å². The van der Waals surface area contributed by atoms with Crippen molar-refractivity contribution in [3.05, 3.63) is 35.6 Å². The van der Waals surface area contributed by atoms with Crippen LogP contribution in [0.3, 0.4) is 0 Å². The molecule has 1 saturated heterocycles. The molecule has 1 atom stereocenters. The van der Waals surface area contributed by atoms with Crippen molar-refractivity contribution >= 4 is 0 Å². The van der Waals surface area contributed by atoms with E-state index in [1.54, 1.807) is 12.1 Å². The molecule has 3 heteroatoms. The van der Waals surface area contributed by atoms with Gasteiger partial charge in [0.2, 0.25) is 0 Å². The summed E-state index contributed by atoms with van der Waals surface area (Å²) in [7, 11) is 0. The van der Waals surface area contributed by atoms with E-state index in [2.05, 4.69) is 5.32 Å². The number of rotatable bonds is 4. The number of nitrogens with one attached hydrogen (secondary N) is 1. The first-order chi connectivity index (χ1) is 7.34. The molecule has 0 amide bonds. The topological polar surface area (TPSA) is 21.3 Å². The number of hydrogen-bond acceptors (Lipinski definition) is 2. The second-order valence-corrected chi connectivity index (χ2v) is 3.87. The second kappa shape index (κ2) is 5.24. The first kappa shape index (κ1) is 10.6. The molecule has 82 valence electrons. The van der Waals surface area contributed by atoms with E-state index in [1.165, 1.54) is 6.07 Å². The minimum absolute atomic E-state index is 0.171. The lowest BCUT2D eigenvalue weighted by Gasteiger charge is -2.10. The monoisotopic (exact) mass is 209 g/mol. The van der Waals surface area contributed by atoms with Crippen molar-refractivity contribution in [1.82, 2.24) is 5.32 Å². The Hall–Kier alpha value is -0.930. The molecule has 2 nitrogen and oxygen atoms in total. The molecule has 0 radical (unpaired) electrons. The third kappa shape index (κ3) is 3.29. The molecule has 0 aromatic heterocycles. The Kier molecular flexibility index (Phi) is 3.69. The number of ether oxygens (including phenoxy) is 1. The lowest BCUT2D eigenvalue weighted by Crippen LogP contribution is -2.17. The van der Waals surface area contributed by atoms with Crippen LogP contribution in [0.2, 0.25) is 0 Å². The van der Waals surface area contributed by atoms with E-state index in [1.807, 2.05) is 6.07 Å². The minimum Gasteiger partial charge on any atom is -0.377 e. The van der Waals surface area contributed by atoms with Crippen LogP contribution >= 0.6 is 0 Å². The van der Waals surface area contributed by atoms with E-state index in [0.717, 1.165) is 31.5 Å². The summed E-state index contributed by atoms with van der Waals surface area (Å²) < 4.78 is 18.5. The van der Waals surface area contributed by atoms with Gasteiger partial charge >= 0.3 is 0 Å². The molecule has 1 aromatic rings. The summed E-state index contributed by atoms with van der Waals surface area (Å²) in [5, 5.41) is 3.25. The van der Waals surface area contributed by atoms with Crippen LogP contribution in [0, 0.1) is 5.82 Å². The van der Waals surface area contributed by atoms with Gasteiger partial charge < -0.3 is 10.1 Å². The van der Waals surface area contributed by atoms with Gasteiger partial charge in [0, 0.05) is 6.54 Å². The molecule has 0 bridgehead atoms. The lowest BCUT2D eigenvalue weighted by atomic mass is 10.1. The summed E-state index contributed by atoms with van der Waals surface area (Å²) in [4.78, 5) is 0. The first-order valence-electron chi connectivity index (χ1n) is 5.41. The average molecular weight is 209 g/mol. The first-order valence-corrected chi connectivity index (χ1v) is 5.41. The smallest absolute Gasteiger partial charge is 0.123 e. The van der Waals surface area contributed by atoms with Gasteiger partial charge in [-0.3, -0.25) is 0 Å². The molecule has 0 aliphatic carbocycles. The summed E-state index contributed by atoms with van der Waals surface area (Å²) in [5.74, 6) is -0.171. The highest BCUT2D eigenvalue weighted by Crippen LogP contribution is 2.07. The van der Waals surface area contributed by atoms with Gasteiger partial charge in [-0.15, -0.1) is 0 Å². The van der Waals surface area contributed by atoms with E-state index in [0.29, 0.717) is 12.7 Å². The van der Waals surface area contributed by atoms with Crippen LogP contribution in [-0.4, -0.2) is 25.8 Å². The zero-order valence-electron chi connectivity index (χ0n) is 8.71. The van der Waals surface area contributed by atoms with Crippen molar-refractivity contribution in [2.75, 3.05) is 19.7 Å². The van der Waals surface area contributed by atoms with E-state index in [4.69, 9.17) is 4.74 Å². The fourth-order valence-electron chi connectivity index (χ4n) is 1.81. The summed E-state index contributed by atoms with van der Waals surface area (Å²) >= 11 is 0. The van der Waals surface area contributed by atoms with Crippen molar-refractivity contribution < 1.29 is 9.13 Å². The summed E-state index contributed by atoms with van der Waals surface area (Å²) in [6.45, 7) is 2.67. The number of hydrogen-bond donors (Lipinski definition) is 1. The molecule has 1 aromatic carbocycles. The molecule has 2 rings (SSSR count). The summed E-state index contributed by atoms with van der Waals surface area (Å²) in [6.07, 6.45) is 2.22. The quantitative estimate of drug-likeness (QED) is 0.815. The minimum atomic E-state index is -0.171. The predicted octanol–water partition coefficient (Wildman–Crippen LogP) is 1.75. The van der Waals surface area contributed by atoms with Crippen LogP contribution in [0.25, 0.3) is 0 Å². The molecular weight excluding hydrogens is 193 g/mol. The van der Waals surface area contributed by atoms with Crippen LogP contribution in [-0.2, 0) is 11.2 Å². The highest BCUT2D eigenvalue weighted by molar-refractivity contribution is 5.16. The molecule has 1 unspecified atom stereocenters. The van der Waals surface area contributed by atoms with Gasteiger partial charge in [0.05, 0.1) is 12.7 Å². The fraction of sp³-hybridized carbons (Fsp3) is 0.500. The van der Waals surface area contributed by atoms with Crippen LogP contribution in [0.5, 0.6) is 0 Å². The van der Waals surface area contributed by atoms with Crippen molar-refractivity contribution in [3.63, 3.8) is 0 Å². The third-order valence-electron chi connectivity index (χ3n) is 2.65. The van der Waals surface area contributed by atoms with E-state index in [-0.39, 0.29) is 5.82 Å². The van der Waals surface area contributed by atoms with Crippen LogP contribution in [0.15, 0.2) is 24.3 Å². The van der Waals surface area contributed by atoms with Crippen molar-refractivity contribution in [3.8, 4) is 0 Å². The Morgan fingerprint density at radius 1 is 1.47 bits per heavy atom. The zero-order chi connectivity index (χ0) is 10.5. The van der Waals surface area contributed by atoms with Crippen molar-refractivity contribution in [2.24, 2.45) is 0 Å². The Balaban J connectivity index is 1.73. The van der Waals surface area contributed by atoms with E-state index in [9.17, 15) is 4.39 Å². The standard InChI is InChI=1S/C12H16FNO/c13-11-3-1-2-10(8-11)5-7-15-12-4-6-14-9-12/h1-3,8,12,14H,4-7,9H2. The summed E-state index contributed by atoms with van der Waals surface area (Å²) in [5.41, 5.74) is 1.00. The van der Waals surface area contributed by atoms with Crippen LogP contribution < -0.4 is 5.32 Å². The zero-order valence-corrected chi connectivity index (χ0v) is 8.71. The molecule has 0 spiro atoms.